The number of carboxylic acid groups (broad SMARTS) is 1. The van der Waals surface area contributed by atoms with Gasteiger partial charge in [-0.05, 0) is 37.3 Å². The number of halogens is 7. The van der Waals surface area contributed by atoms with Crippen LogP contribution >= 0.6 is 0 Å². The average molecular weight is 554 g/mol. The molecule has 1 aromatic heterocycles. The lowest BCUT2D eigenvalue weighted by Crippen LogP contribution is -2.45. The normalized spacial score (nSPS) is 18.9. The summed E-state index contributed by atoms with van der Waals surface area (Å²) in [7, 11) is 0. The number of carbonyl (C=O) groups is 2. The Morgan fingerprint density at radius 2 is 1.97 bits per heavy atom. The molecule has 9 nitrogen and oxygen atoms in total. The third-order valence-electron chi connectivity index (χ3n) is 5.08. The number of anilines is 1. The Balaban J connectivity index is 0.00000161. The summed E-state index contributed by atoms with van der Waals surface area (Å²) in [6.07, 6.45) is -3.06. The van der Waals surface area contributed by atoms with E-state index < -0.39 is 54.3 Å². The topological polar surface area (TPSA) is 136 Å². The summed E-state index contributed by atoms with van der Waals surface area (Å²) in [5, 5.41) is 9.23. The van der Waals surface area contributed by atoms with Gasteiger partial charge in [-0.3, -0.25) is 14.6 Å². The van der Waals surface area contributed by atoms with Crippen molar-refractivity contribution in [2.45, 2.75) is 30.7 Å². The number of aliphatic imine (C=N–C) groups is 1. The molecule has 0 unspecified atom stereocenters. The van der Waals surface area contributed by atoms with Crippen LogP contribution in [0.4, 0.5) is 36.4 Å². The second-order valence-electron chi connectivity index (χ2n) is 7.86. The number of ether oxygens (including phenoxy) is 2. The molecule has 0 fully saturated rings. The van der Waals surface area contributed by atoms with Gasteiger partial charge in [-0.25, -0.2) is 26.9 Å². The average Bonchev–Trinajstić information content (AvgIpc) is 2.94. The fourth-order valence-electron chi connectivity index (χ4n) is 3.10. The molecule has 38 heavy (non-hydrogen) atoms. The van der Waals surface area contributed by atoms with Crippen molar-refractivity contribution in [3.8, 4) is 5.75 Å². The van der Waals surface area contributed by atoms with Crippen LogP contribution in [0.1, 0.15) is 23.0 Å². The van der Waals surface area contributed by atoms with E-state index in [1.54, 1.807) is 0 Å². The summed E-state index contributed by atoms with van der Waals surface area (Å²) in [5.41, 5.74) is 2.26. The number of amidine groups is 1. The Hall–Kier alpha value is -3.95. The van der Waals surface area contributed by atoms with Crippen LogP contribution in [-0.4, -0.2) is 66.4 Å². The Morgan fingerprint density at radius 3 is 2.55 bits per heavy atom. The van der Waals surface area contributed by atoms with E-state index in [9.17, 15) is 35.5 Å². The smallest absolute Gasteiger partial charge is 0.340 e. The molecule has 1 atom stereocenters. The van der Waals surface area contributed by atoms with Crippen LogP contribution in [-0.2, 0) is 15.1 Å². The van der Waals surface area contributed by atoms with Gasteiger partial charge in [0.25, 0.3) is 18.3 Å². The van der Waals surface area contributed by atoms with Crippen LogP contribution < -0.4 is 15.8 Å². The zero-order valence-corrected chi connectivity index (χ0v) is 19.4. The molecule has 0 aliphatic carbocycles. The van der Waals surface area contributed by atoms with Gasteiger partial charge in [0.1, 0.15) is 36.3 Å². The number of pyridine rings is 1. The number of amides is 1. The minimum atomic E-state index is -4.37. The minimum Gasteiger partial charge on any atom is -0.485 e. The fourth-order valence-corrected chi connectivity index (χ4v) is 3.10. The lowest BCUT2D eigenvalue weighted by Gasteiger charge is -2.33. The van der Waals surface area contributed by atoms with Crippen molar-refractivity contribution in [2.75, 3.05) is 25.1 Å². The summed E-state index contributed by atoms with van der Waals surface area (Å²) in [6.45, 7) is -2.30. The summed E-state index contributed by atoms with van der Waals surface area (Å²) in [4.78, 5) is 28.3. The van der Waals surface area contributed by atoms with E-state index in [0.717, 1.165) is 43.5 Å². The molecule has 1 amide bonds. The van der Waals surface area contributed by atoms with Crippen molar-refractivity contribution >= 4 is 23.9 Å². The van der Waals surface area contributed by atoms with Gasteiger partial charge in [0.15, 0.2) is 12.1 Å². The number of aromatic nitrogens is 1. The highest BCUT2D eigenvalue weighted by Crippen LogP contribution is 2.44. The summed E-state index contributed by atoms with van der Waals surface area (Å²) in [6, 6.07) is 5.04. The maximum Gasteiger partial charge on any atom is 0.340 e. The van der Waals surface area contributed by atoms with E-state index >= 15 is 0 Å². The molecule has 1 aromatic carbocycles. The van der Waals surface area contributed by atoms with Crippen LogP contribution in [0.2, 0.25) is 0 Å². The fraction of sp³-hybridized carbons (Fsp3) is 0.364. The van der Waals surface area contributed by atoms with Gasteiger partial charge < -0.3 is 25.6 Å². The Labute approximate surface area is 210 Å². The summed E-state index contributed by atoms with van der Waals surface area (Å²) in [5.74, 6) is -10.5. The van der Waals surface area contributed by atoms with Crippen LogP contribution in [0.5, 0.6) is 5.75 Å². The Kier molecular flexibility index (Phi) is 9.61. The quantitative estimate of drug-likeness (QED) is 0.351. The number of nitrogens with two attached hydrogens (primary N) is 1. The van der Waals surface area contributed by atoms with Crippen molar-refractivity contribution in [3.63, 3.8) is 0 Å². The second-order valence-corrected chi connectivity index (χ2v) is 7.86. The van der Waals surface area contributed by atoms with E-state index in [4.69, 9.17) is 20.4 Å². The van der Waals surface area contributed by atoms with Crippen molar-refractivity contribution in [1.82, 2.24) is 4.98 Å². The molecule has 4 N–H and O–H groups in total. The minimum absolute atomic E-state index is 0.0823. The molecule has 2 heterocycles. The number of rotatable bonds is 7. The molecule has 2 aromatic rings. The van der Waals surface area contributed by atoms with Gasteiger partial charge in [-0.2, -0.15) is 8.78 Å². The molecule has 1 aliphatic rings. The molecule has 1 aliphatic heterocycles. The highest BCUT2D eigenvalue weighted by molar-refractivity contribution is 6.02. The number of benzene rings is 1. The molecule has 0 saturated carbocycles. The number of nitrogens with one attached hydrogen (secondary N) is 1. The monoisotopic (exact) mass is 554 g/mol. The summed E-state index contributed by atoms with van der Waals surface area (Å²) >= 11 is 0. The third-order valence-corrected chi connectivity index (χ3v) is 5.08. The molecular weight excluding hydrogens is 533 g/mol. The zero-order valence-electron chi connectivity index (χ0n) is 19.4. The van der Waals surface area contributed by atoms with E-state index in [0.29, 0.717) is 0 Å². The van der Waals surface area contributed by atoms with Crippen molar-refractivity contribution in [2.24, 2.45) is 10.7 Å². The first-order valence-electron chi connectivity index (χ1n) is 10.4. The highest BCUT2D eigenvalue weighted by atomic mass is 19.3. The van der Waals surface area contributed by atoms with Gasteiger partial charge in [0, 0.05) is 11.3 Å². The predicted molar refractivity (Wildman–Crippen MR) is 118 cm³/mol. The maximum atomic E-state index is 14.8. The Bertz CT molecular complexity index is 1170. The lowest BCUT2D eigenvalue weighted by molar-refractivity contribution is -0.148. The molecule has 0 saturated heterocycles. The van der Waals surface area contributed by atoms with Crippen molar-refractivity contribution in [3.05, 3.63) is 53.6 Å². The third kappa shape index (κ3) is 7.08. The maximum absolute atomic E-state index is 14.8. The zero-order chi connectivity index (χ0) is 28.7. The second kappa shape index (κ2) is 12.1. The number of alkyl halides is 6. The largest absolute Gasteiger partial charge is 0.485 e. The standard InChI is InChI=1S/C21H19F7N4O3.CH2O2/c1-19(21(27,28)10-34-8-16(29)32-19)13-6-11(2-4-14(13)22)31-17(33)15-5-3-12(7-30-15)35-9-20(25,26)18(23)24;2-1-3/h2-7,18H,8-10H2,1H3,(H2,29,32)(H,31,33);1H,(H,2,3)/t19-;/m1./s1. The molecule has 0 bridgehead atoms. The molecule has 0 spiro atoms. The molecule has 3 rings (SSSR count). The SMILES string of the molecule is C[C@]1(c2cc(NC(=O)c3ccc(OCC(F)(F)C(F)F)cn3)ccc2F)N=C(N)COCC1(F)F.O=CO. The van der Waals surface area contributed by atoms with Crippen molar-refractivity contribution < 1.29 is 54.9 Å². The van der Waals surface area contributed by atoms with Gasteiger partial charge in [-0.1, -0.05) is 0 Å². The van der Waals surface area contributed by atoms with Crippen LogP contribution in [0.15, 0.2) is 41.5 Å². The van der Waals surface area contributed by atoms with Gasteiger partial charge in [0.05, 0.1) is 6.20 Å². The number of nitrogens with zero attached hydrogens (tertiary/aromatic N) is 2. The first-order chi connectivity index (χ1) is 17.7. The van der Waals surface area contributed by atoms with Gasteiger partial charge >= 0.3 is 12.3 Å². The van der Waals surface area contributed by atoms with E-state index in [-0.39, 0.29) is 36.0 Å². The van der Waals surface area contributed by atoms with Gasteiger partial charge in [-0.15, -0.1) is 0 Å². The first-order valence-corrected chi connectivity index (χ1v) is 10.4. The first kappa shape index (κ1) is 30.3. The number of hydrogen-bond acceptors (Lipinski definition) is 7. The molecule has 208 valence electrons. The van der Waals surface area contributed by atoms with Crippen molar-refractivity contribution in [1.29, 1.82) is 0 Å². The molecule has 16 heteroatoms. The summed E-state index contributed by atoms with van der Waals surface area (Å²) < 4.78 is 104. The van der Waals surface area contributed by atoms with E-state index in [1.807, 2.05) is 0 Å². The predicted octanol–water partition coefficient (Wildman–Crippen LogP) is 3.69. The van der Waals surface area contributed by atoms with Crippen LogP contribution in [0.3, 0.4) is 0 Å². The highest BCUT2D eigenvalue weighted by Gasteiger charge is 2.54. The Morgan fingerprint density at radius 1 is 1.32 bits per heavy atom. The van der Waals surface area contributed by atoms with Crippen LogP contribution in [0.25, 0.3) is 0 Å². The lowest BCUT2D eigenvalue weighted by atomic mass is 9.85. The van der Waals surface area contributed by atoms with Crippen LogP contribution in [0, 0.1) is 5.82 Å². The van der Waals surface area contributed by atoms with Gasteiger partial charge in [0.2, 0.25) is 0 Å². The van der Waals surface area contributed by atoms with E-state index in [2.05, 4.69) is 20.0 Å². The van der Waals surface area contributed by atoms with E-state index in [1.165, 1.54) is 0 Å². The number of carbonyl (C=O) groups excluding carboxylic acids is 1. The number of hydrogen-bond donors (Lipinski definition) is 3. The molecule has 0 radical (unpaired) electrons. The molecular formula is C22H21F7N4O5.